The molecule has 3 aliphatic rings. The molecule has 0 saturated carbocycles. The molecule has 2 bridgehead atoms. The van der Waals surface area contributed by atoms with Crippen LogP contribution in [0.4, 0.5) is 0 Å². The van der Waals surface area contributed by atoms with Crippen molar-refractivity contribution in [2.24, 2.45) is 0 Å². The quantitative estimate of drug-likeness (QED) is 0.153. The van der Waals surface area contributed by atoms with Crippen LogP contribution in [0.1, 0.15) is 121 Å². The van der Waals surface area contributed by atoms with Crippen LogP contribution in [-0.4, -0.2) is 12.7 Å². The molecule has 6 rings (SSSR count). The molecule has 0 unspecified atom stereocenters. The van der Waals surface area contributed by atoms with Gasteiger partial charge in [0.15, 0.2) is 6.15 Å². The molecule has 0 N–H and O–H groups in total. The first-order valence-corrected chi connectivity index (χ1v) is 18.8. The number of aryl methyl sites for hydroxylation is 6. The molecule has 0 radical (unpaired) electrons. The van der Waals surface area contributed by atoms with E-state index >= 15 is 0 Å². The number of hydrogen-bond acceptors (Lipinski definition) is 0. The van der Waals surface area contributed by atoms with Crippen LogP contribution in [0.2, 0.25) is 11.6 Å². The third-order valence-electron chi connectivity index (χ3n) is 11.8. The highest BCUT2D eigenvalue weighted by molar-refractivity contribution is 7.73. The Morgan fingerprint density at radius 3 is 1.72 bits per heavy atom. The molecule has 3 heteroatoms. The summed E-state index contributed by atoms with van der Waals surface area (Å²) in [7, 11) is -0.599. The predicted octanol–water partition coefficient (Wildman–Crippen LogP) is 11.0. The lowest BCUT2D eigenvalue weighted by molar-refractivity contribution is 0.425. The van der Waals surface area contributed by atoms with E-state index in [9.17, 15) is 0 Å². The van der Waals surface area contributed by atoms with E-state index in [1.807, 2.05) is 0 Å². The zero-order valence-electron chi connectivity index (χ0n) is 28.0. The van der Waals surface area contributed by atoms with Gasteiger partial charge in [0.1, 0.15) is 0 Å². The minimum absolute atomic E-state index is 0.523. The number of fused-ring (bicyclic) bond motifs is 3. The third-order valence-corrected chi connectivity index (χ3v) is 15.2. The topological polar surface area (TPSA) is 4.36 Å². The lowest BCUT2D eigenvalue weighted by atomic mass is 9.05. The van der Waals surface area contributed by atoms with Crippen LogP contribution in [0.15, 0.2) is 48.5 Å². The Morgan fingerprint density at radius 2 is 1.23 bits per heavy atom. The monoisotopic (exact) mass is 589 g/mol. The van der Waals surface area contributed by atoms with E-state index < -0.39 is 14.1 Å². The highest BCUT2D eigenvalue weighted by Gasteiger charge is 2.55. The molecule has 2 heterocycles. The second-order valence-corrected chi connectivity index (χ2v) is 16.9. The van der Waals surface area contributed by atoms with Gasteiger partial charge in [0.05, 0.1) is 0 Å². The van der Waals surface area contributed by atoms with E-state index in [1.54, 1.807) is 21.7 Å². The van der Waals surface area contributed by atoms with Gasteiger partial charge >= 0.3 is 0 Å². The van der Waals surface area contributed by atoms with Crippen molar-refractivity contribution < 1.29 is 0 Å². The number of unbranched alkanes of at least 4 members (excludes halogenated alkanes) is 1. The fourth-order valence-corrected chi connectivity index (χ4v) is 14.0. The average molecular weight is 590 g/mol. The minimum atomic E-state index is -0.836. The molecular formula is C40H53BNP. The van der Waals surface area contributed by atoms with E-state index in [1.165, 1.54) is 91.2 Å². The number of rotatable bonds is 6. The van der Waals surface area contributed by atoms with Gasteiger partial charge in [-0.1, -0.05) is 117 Å². The van der Waals surface area contributed by atoms with Crippen LogP contribution in [0.3, 0.4) is 0 Å². The molecule has 2 saturated heterocycles. The SMILES string of the molecule is CCCC[N+]#C[B-]1([C@@H]2C[C@@H](P(c3c(C)cc(C)cc3C)c3c(C)cc(C)cc3C)c3ccccc32)C2CCCC1CCC2. The first kappa shape index (κ1) is 30.7. The largest absolute Gasteiger partial charge is 0.258 e. The van der Waals surface area contributed by atoms with Gasteiger partial charge < -0.3 is 0 Å². The summed E-state index contributed by atoms with van der Waals surface area (Å²) in [4.78, 5) is 5.20. The highest BCUT2D eigenvalue weighted by Crippen LogP contribution is 2.67. The Bertz CT molecular complexity index is 1430. The summed E-state index contributed by atoms with van der Waals surface area (Å²) < 4.78 is 0. The van der Waals surface area contributed by atoms with Gasteiger partial charge in [0.25, 0.3) is 6.54 Å². The fourth-order valence-electron chi connectivity index (χ4n) is 10.4. The van der Waals surface area contributed by atoms with Gasteiger partial charge in [0.2, 0.25) is 0 Å². The Balaban J connectivity index is 1.56. The number of hydrogen-bond donors (Lipinski definition) is 0. The van der Waals surface area contributed by atoms with Gasteiger partial charge in [-0.3, -0.25) is 0 Å². The molecule has 1 aliphatic carbocycles. The summed E-state index contributed by atoms with van der Waals surface area (Å²) in [5.41, 5.74) is 12.5. The summed E-state index contributed by atoms with van der Waals surface area (Å²) in [6, 6.07) is 19.5. The van der Waals surface area contributed by atoms with Crippen LogP contribution in [0.25, 0.3) is 4.85 Å². The lowest BCUT2D eigenvalue weighted by Crippen LogP contribution is -2.53. The molecule has 0 aromatic heterocycles. The molecule has 226 valence electrons. The molecule has 43 heavy (non-hydrogen) atoms. The van der Waals surface area contributed by atoms with E-state index in [-0.39, 0.29) is 0 Å². The second-order valence-electron chi connectivity index (χ2n) is 14.7. The minimum Gasteiger partial charge on any atom is -0.147 e. The Hall–Kier alpha value is -2.36. The van der Waals surface area contributed by atoms with Crippen LogP contribution in [0, 0.1) is 47.5 Å². The van der Waals surface area contributed by atoms with Crippen molar-refractivity contribution in [3.63, 3.8) is 0 Å². The van der Waals surface area contributed by atoms with Gasteiger partial charge in [-0.15, -0.1) is 22.3 Å². The Kier molecular flexibility index (Phi) is 8.96. The smallest absolute Gasteiger partial charge is 0.147 e. The van der Waals surface area contributed by atoms with Crippen molar-refractivity contribution in [2.75, 3.05) is 6.54 Å². The molecule has 2 fully saturated rings. The zero-order valence-corrected chi connectivity index (χ0v) is 28.9. The molecule has 0 spiro atoms. The maximum atomic E-state index is 5.20. The summed E-state index contributed by atoms with van der Waals surface area (Å²) in [5.74, 6) is 6.29. The lowest BCUT2D eigenvalue weighted by Gasteiger charge is -2.56. The number of nitrogens with zero attached hydrogens (tertiary/aromatic N) is 1. The third kappa shape index (κ3) is 5.44. The molecule has 2 aliphatic heterocycles. The first-order valence-electron chi connectivity index (χ1n) is 17.4. The van der Waals surface area contributed by atoms with Crippen molar-refractivity contribution >= 4 is 24.7 Å². The van der Waals surface area contributed by atoms with Gasteiger partial charge in [-0.25, -0.2) is 0 Å². The molecule has 2 atom stereocenters. The van der Waals surface area contributed by atoms with Crippen LogP contribution in [0.5, 0.6) is 0 Å². The molecular weight excluding hydrogens is 536 g/mol. The van der Waals surface area contributed by atoms with E-state index in [2.05, 4.69) is 103 Å². The van der Waals surface area contributed by atoms with Gasteiger partial charge in [0, 0.05) is 18.0 Å². The summed E-state index contributed by atoms with van der Waals surface area (Å²) in [5, 5.41) is 3.25. The van der Waals surface area contributed by atoms with E-state index in [4.69, 9.17) is 4.85 Å². The fraction of sp³-hybridized carbons (Fsp3) is 0.525. The normalized spacial score (nSPS) is 26.2. The summed E-state index contributed by atoms with van der Waals surface area (Å²) >= 11 is 0. The van der Waals surface area contributed by atoms with Gasteiger partial charge in [-0.05, 0) is 94.3 Å². The van der Waals surface area contributed by atoms with Crippen LogP contribution in [-0.2, 0) is 0 Å². The van der Waals surface area contributed by atoms with Crippen molar-refractivity contribution in [3.8, 4) is 5.97 Å². The molecule has 0 amide bonds. The Labute approximate surface area is 263 Å². The van der Waals surface area contributed by atoms with Crippen molar-refractivity contribution in [2.45, 2.75) is 129 Å². The van der Waals surface area contributed by atoms with Gasteiger partial charge in [-0.2, -0.15) is 0 Å². The number of benzene rings is 3. The van der Waals surface area contributed by atoms with Crippen molar-refractivity contribution in [1.82, 2.24) is 0 Å². The Morgan fingerprint density at radius 1 is 0.744 bits per heavy atom. The highest BCUT2D eigenvalue weighted by atomic mass is 31.1. The standard InChI is InChI=1S/C40H53BNP/c1-8-9-20-42-26-41(33-14-12-15-34(41)17-13-16-33)37-25-38(36-19-11-10-18-35(36)37)43(39-29(4)21-27(2)22-30(39)5)40-31(6)23-28(3)24-32(40)7/h10-11,18-19,21-24,33-34,37-38H,8-9,12-17,20,25H2,1-7H3/t33?,34?,37-,38-,41?/m1/s1. The summed E-state index contributed by atoms with van der Waals surface area (Å²) in [6.07, 6.45) is 11.2. The molecule has 3 aromatic carbocycles. The van der Waals surface area contributed by atoms with E-state index in [0.29, 0.717) is 11.5 Å². The summed E-state index contributed by atoms with van der Waals surface area (Å²) in [6.45, 7) is 17.3. The van der Waals surface area contributed by atoms with E-state index in [0.717, 1.165) is 18.2 Å². The second kappa shape index (κ2) is 12.6. The van der Waals surface area contributed by atoms with Crippen LogP contribution < -0.4 is 10.6 Å². The average Bonchev–Trinajstić information content (AvgIpc) is 3.33. The zero-order chi connectivity index (χ0) is 30.3. The molecule has 1 nitrogen and oxygen atoms in total. The van der Waals surface area contributed by atoms with Crippen molar-refractivity contribution in [3.05, 3.63) is 97.9 Å². The predicted molar refractivity (Wildman–Crippen MR) is 192 cm³/mol. The van der Waals surface area contributed by atoms with Crippen molar-refractivity contribution in [1.29, 1.82) is 0 Å². The maximum absolute atomic E-state index is 5.20. The maximum Gasteiger partial charge on any atom is 0.258 e. The van der Waals surface area contributed by atoms with Crippen LogP contribution >= 0.6 is 7.92 Å². The molecule has 3 aromatic rings. The first-order chi connectivity index (χ1) is 20.8.